The van der Waals surface area contributed by atoms with Gasteiger partial charge in [-0.05, 0) is 25.1 Å². The van der Waals surface area contributed by atoms with Crippen LogP contribution in [0.4, 0.5) is 11.4 Å². The number of amides is 1. The fourth-order valence-corrected chi connectivity index (χ4v) is 2.44. The first-order valence-electron chi connectivity index (χ1n) is 7.06. The number of anilines is 2. The maximum atomic E-state index is 11.9. The lowest BCUT2D eigenvalue weighted by atomic mass is 10.2. The molecule has 1 amide bonds. The Morgan fingerprint density at radius 1 is 1.25 bits per heavy atom. The lowest BCUT2D eigenvalue weighted by Gasteiger charge is -2.37. The van der Waals surface area contributed by atoms with Crippen LogP contribution in [-0.4, -0.2) is 57.1 Å². The van der Waals surface area contributed by atoms with Gasteiger partial charge in [0, 0.05) is 51.6 Å². The first-order valence-corrected chi connectivity index (χ1v) is 7.06. The SMILES string of the molecule is CC(N)C(=O)N1CCN(c2cccc(N(C)C)c2)CC1. The van der Waals surface area contributed by atoms with Gasteiger partial charge in [0.05, 0.1) is 6.04 Å². The fraction of sp³-hybridized carbons (Fsp3) is 0.533. The van der Waals surface area contributed by atoms with Gasteiger partial charge in [-0.1, -0.05) is 6.07 Å². The molecule has 20 heavy (non-hydrogen) atoms. The summed E-state index contributed by atoms with van der Waals surface area (Å²) in [6.07, 6.45) is 0. The van der Waals surface area contributed by atoms with Crippen molar-refractivity contribution >= 4 is 17.3 Å². The molecule has 1 unspecified atom stereocenters. The van der Waals surface area contributed by atoms with Crippen LogP contribution >= 0.6 is 0 Å². The van der Waals surface area contributed by atoms with Crippen molar-refractivity contribution in [2.24, 2.45) is 5.73 Å². The highest BCUT2D eigenvalue weighted by atomic mass is 16.2. The molecule has 0 aromatic heterocycles. The highest BCUT2D eigenvalue weighted by Crippen LogP contribution is 2.22. The van der Waals surface area contributed by atoms with E-state index in [1.54, 1.807) is 6.92 Å². The third kappa shape index (κ3) is 3.22. The minimum atomic E-state index is -0.404. The van der Waals surface area contributed by atoms with Gasteiger partial charge in [-0.25, -0.2) is 0 Å². The topological polar surface area (TPSA) is 52.8 Å². The van der Waals surface area contributed by atoms with Crippen molar-refractivity contribution in [1.82, 2.24) is 4.90 Å². The normalized spacial score (nSPS) is 17.0. The minimum Gasteiger partial charge on any atom is -0.378 e. The molecule has 110 valence electrons. The Bertz CT molecular complexity index is 465. The molecule has 1 aliphatic heterocycles. The minimum absolute atomic E-state index is 0.0479. The van der Waals surface area contributed by atoms with Crippen LogP contribution in [0.15, 0.2) is 24.3 Å². The summed E-state index contributed by atoms with van der Waals surface area (Å²) < 4.78 is 0. The molecule has 1 saturated heterocycles. The number of nitrogens with zero attached hydrogens (tertiary/aromatic N) is 3. The maximum absolute atomic E-state index is 11.9. The molecule has 0 aliphatic carbocycles. The number of hydrogen-bond donors (Lipinski definition) is 1. The first kappa shape index (κ1) is 14.7. The average Bonchev–Trinajstić information content (AvgIpc) is 2.46. The van der Waals surface area contributed by atoms with E-state index >= 15 is 0 Å². The standard InChI is InChI=1S/C15H24N4O/c1-12(16)15(20)19-9-7-18(8-10-19)14-6-4-5-13(11-14)17(2)3/h4-6,11-12H,7-10,16H2,1-3H3. The lowest BCUT2D eigenvalue weighted by Crippen LogP contribution is -2.52. The number of rotatable bonds is 3. The third-order valence-corrected chi connectivity index (χ3v) is 3.69. The van der Waals surface area contributed by atoms with Crippen molar-refractivity contribution in [3.8, 4) is 0 Å². The van der Waals surface area contributed by atoms with Crippen molar-refractivity contribution in [2.45, 2.75) is 13.0 Å². The van der Waals surface area contributed by atoms with Gasteiger partial charge in [-0.15, -0.1) is 0 Å². The van der Waals surface area contributed by atoms with Crippen molar-refractivity contribution in [3.63, 3.8) is 0 Å². The number of piperazine rings is 1. The van der Waals surface area contributed by atoms with E-state index in [2.05, 4.69) is 34.1 Å². The summed E-state index contributed by atoms with van der Waals surface area (Å²) >= 11 is 0. The maximum Gasteiger partial charge on any atom is 0.239 e. The molecular weight excluding hydrogens is 252 g/mol. The van der Waals surface area contributed by atoms with Crippen molar-refractivity contribution in [2.75, 3.05) is 50.1 Å². The Morgan fingerprint density at radius 3 is 2.45 bits per heavy atom. The summed E-state index contributed by atoms with van der Waals surface area (Å²) in [7, 11) is 4.08. The monoisotopic (exact) mass is 276 g/mol. The van der Waals surface area contributed by atoms with E-state index in [-0.39, 0.29) is 5.91 Å². The van der Waals surface area contributed by atoms with Gasteiger partial charge in [-0.3, -0.25) is 4.79 Å². The highest BCUT2D eigenvalue weighted by molar-refractivity contribution is 5.81. The Labute approximate surface area is 120 Å². The van der Waals surface area contributed by atoms with E-state index in [1.165, 1.54) is 11.4 Å². The number of carbonyl (C=O) groups is 1. The lowest BCUT2D eigenvalue weighted by molar-refractivity contribution is -0.132. The second-order valence-corrected chi connectivity index (χ2v) is 5.52. The average molecular weight is 276 g/mol. The number of hydrogen-bond acceptors (Lipinski definition) is 4. The van der Waals surface area contributed by atoms with E-state index < -0.39 is 6.04 Å². The van der Waals surface area contributed by atoms with Crippen molar-refractivity contribution in [3.05, 3.63) is 24.3 Å². The summed E-state index contributed by atoms with van der Waals surface area (Å²) in [5.74, 6) is 0.0479. The Kier molecular flexibility index (Phi) is 4.49. The van der Waals surface area contributed by atoms with E-state index in [9.17, 15) is 4.79 Å². The van der Waals surface area contributed by atoms with Crippen molar-refractivity contribution < 1.29 is 4.79 Å². The zero-order chi connectivity index (χ0) is 14.7. The van der Waals surface area contributed by atoms with E-state index in [4.69, 9.17) is 5.73 Å². The Morgan fingerprint density at radius 2 is 1.90 bits per heavy atom. The van der Waals surface area contributed by atoms with Crippen LogP contribution in [0.5, 0.6) is 0 Å². The molecule has 2 N–H and O–H groups in total. The molecule has 5 heteroatoms. The zero-order valence-corrected chi connectivity index (χ0v) is 12.5. The number of nitrogens with two attached hydrogens (primary N) is 1. The summed E-state index contributed by atoms with van der Waals surface area (Å²) in [6, 6.07) is 8.07. The van der Waals surface area contributed by atoms with Gasteiger partial charge in [0.25, 0.3) is 0 Å². The molecule has 0 bridgehead atoms. The molecule has 1 heterocycles. The van der Waals surface area contributed by atoms with E-state index in [1.807, 2.05) is 19.0 Å². The van der Waals surface area contributed by atoms with Crippen LogP contribution in [-0.2, 0) is 4.79 Å². The molecule has 2 rings (SSSR count). The molecular formula is C15H24N4O. The number of carbonyl (C=O) groups excluding carboxylic acids is 1. The highest BCUT2D eigenvalue weighted by Gasteiger charge is 2.23. The molecule has 1 aromatic carbocycles. The molecule has 0 radical (unpaired) electrons. The van der Waals surface area contributed by atoms with Gasteiger partial charge >= 0.3 is 0 Å². The molecule has 1 fully saturated rings. The van der Waals surface area contributed by atoms with Crippen LogP contribution < -0.4 is 15.5 Å². The summed E-state index contributed by atoms with van der Waals surface area (Å²) in [6.45, 7) is 4.94. The van der Waals surface area contributed by atoms with Gasteiger partial charge in [0.15, 0.2) is 0 Å². The second kappa shape index (κ2) is 6.13. The first-order chi connectivity index (χ1) is 9.49. The zero-order valence-electron chi connectivity index (χ0n) is 12.5. The molecule has 1 aliphatic rings. The number of benzene rings is 1. The molecule has 1 aromatic rings. The predicted molar refractivity (Wildman–Crippen MR) is 83.2 cm³/mol. The summed E-state index contributed by atoms with van der Waals surface area (Å²) in [5.41, 5.74) is 8.06. The van der Waals surface area contributed by atoms with Gasteiger partial charge in [0.1, 0.15) is 0 Å². The predicted octanol–water partition coefficient (Wildman–Crippen LogP) is 0.748. The molecule has 1 atom stereocenters. The van der Waals surface area contributed by atoms with Crippen LogP contribution in [0, 0.1) is 0 Å². The van der Waals surface area contributed by atoms with Crippen LogP contribution in [0.25, 0.3) is 0 Å². The van der Waals surface area contributed by atoms with Crippen molar-refractivity contribution in [1.29, 1.82) is 0 Å². The van der Waals surface area contributed by atoms with E-state index in [0.717, 1.165) is 26.2 Å². The smallest absolute Gasteiger partial charge is 0.239 e. The van der Waals surface area contributed by atoms with Gasteiger partial charge in [0.2, 0.25) is 5.91 Å². The van der Waals surface area contributed by atoms with Crippen LogP contribution in [0.3, 0.4) is 0 Å². The third-order valence-electron chi connectivity index (χ3n) is 3.69. The van der Waals surface area contributed by atoms with Gasteiger partial charge in [-0.2, -0.15) is 0 Å². The Balaban J connectivity index is 2.00. The summed E-state index contributed by atoms with van der Waals surface area (Å²) in [4.78, 5) is 18.1. The molecule has 0 saturated carbocycles. The summed E-state index contributed by atoms with van der Waals surface area (Å²) in [5, 5.41) is 0. The van der Waals surface area contributed by atoms with E-state index in [0.29, 0.717) is 0 Å². The molecule has 0 spiro atoms. The van der Waals surface area contributed by atoms with Crippen LogP contribution in [0.1, 0.15) is 6.92 Å². The molecule has 5 nitrogen and oxygen atoms in total. The fourth-order valence-electron chi connectivity index (χ4n) is 2.44. The quantitative estimate of drug-likeness (QED) is 0.885. The largest absolute Gasteiger partial charge is 0.378 e. The van der Waals surface area contributed by atoms with Gasteiger partial charge < -0.3 is 20.4 Å². The Hall–Kier alpha value is -1.75. The second-order valence-electron chi connectivity index (χ2n) is 5.52. The van der Waals surface area contributed by atoms with Crippen LogP contribution in [0.2, 0.25) is 0 Å².